The zero-order chi connectivity index (χ0) is 16.7. The van der Waals surface area contributed by atoms with Gasteiger partial charge in [-0.05, 0) is 51.9 Å². The molecule has 0 atom stereocenters. The molecule has 2 aliphatic rings. The third kappa shape index (κ3) is 9.91. The molecule has 1 N–H and O–H groups in total. The lowest BCUT2D eigenvalue weighted by atomic mass is 10.4. The van der Waals surface area contributed by atoms with E-state index in [9.17, 15) is 0 Å². The summed E-state index contributed by atoms with van der Waals surface area (Å²) in [6.45, 7) is 13.5. The summed E-state index contributed by atoms with van der Waals surface area (Å²) in [6, 6.07) is 0. The summed E-state index contributed by atoms with van der Waals surface area (Å²) in [4.78, 5) is 4.95. The van der Waals surface area contributed by atoms with Crippen molar-refractivity contribution in [2.75, 3.05) is 92.0 Å². The lowest BCUT2D eigenvalue weighted by molar-refractivity contribution is 0.0410. The van der Waals surface area contributed by atoms with Gasteiger partial charge in [-0.2, -0.15) is 0 Å². The highest BCUT2D eigenvalue weighted by molar-refractivity contribution is 4.65. The molecule has 2 heterocycles. The Balaban J connectivity index is 1.21. The fourth-order valence-electron chi connectivity index (χ4n) is 3.24. The number of hydrogen-bond donors (Lipinski definition) is 1. The van der Waals surface area contributed by atoms with Crippen LogP contribution in [0.3, 0.4) is 0 Å². The Morgan fingerprint density at radius 2 is 0.958 bits per heavy atom. The second kappa shape index (κ2) is 14.0. The molecule has 2 rings (SSSR count). The van der Waals surface area contributed by atoms with E-state index >= 15 is 0 Å². The van der Waals surface area contributed by atoms with Crippen molar-refractivity contribution in [2.24, 2.45) is 0 Å². The van der Waals surface area contributed by atoms with Crippen LogP contribution in [0.5, 0.6) is 0 Å². The minimum atomic E-state index is 0.689. The molecule has 0 spiro atoms. The van der Waals surface area contributed by atoms with Gasteiger partial charge in [-0.15, -0.1) is 0 Å². The monoisotopic (exact) mass is 343 g/mol. The predicted molar refractivity (Wildman–Crippen MR) is 96.7 cm³/mol. The van der Waals surface area contributed by atoms with Gasteiger partial charge in [0.15, 0.2) is 0 Å². The fourth-order valence-corrected chi connectivity index (χ4v) is 3.24. The maximum atomic E-state index is 5.64. The molecule has 0 aromatic carbocycles. The fraction of sp³-hybridized carbons (Fsp3) is 1.00. The molecule has 0 bridgehead atoms. The van der Waals surface area contributed by atoms with Gasteiger partial charge in [-0.25, -0.2) is 0 Å². The van der Waals surface area contributed by atoms with E-state index in [1.54, 1.807) is 0 Å². The maximum Gasteiger partial charge on any atom is 0.0701 e. The highest BCUT2D eigenvalue weighted by atomic mass is 16.5. The third-order valence-corrected chi connectivity index (χ3v) is 4.72. The van der Waals surface area contributed by atoms with Gasteiger partial charge in [0.05, 0.1) is 39.6 Å². The molecular formula is C18H37N3O3. The van der Waals surface area contributed by atoms with Crippen molar-refractivity contribution in [1.82, 2.24) is 15.1 Å². The minimum Gasteiger partial charge on any atom is -0.379 e. The Kier molecular flexibility index (Phi) is 11.7. The lowest BCUT2D eigenvalue weighted by Gasteiger charge is -2.14. The van der Waals surface area contributed by atoms with E-state index in [1.165, 1.54) is 51.9 Å². The molecule has 24 heavy (non-hydrogen) atoms. The number of likely N-dealkylation sites (tertiary alicyclic amines) is 2. The van der Waals surface area contributed by atoms with E-state index in [0.717, 1.165) is 52.6 Å². The molecule has 142 valence electrons. The van der Waals surface area contributed by atoms with Crippen LogP contribution in [0.2, 0.25) is 0 Å². The Labute approximate surface area is 147 Å². The van der Waals surface area contributed by atoms with Crippen LogP contribution in [0.25, 0.3) is 0 Å². The molecule has 0 unspecified atom stereocenters. The van der Waals surface area contributed by atoms with Gasteiger partial charge in [-0.3, -0.25) is 0 Å². The van der Waals surface area contributed by atoms with E-state index in [-0.39, 0.29) is 0 Å². The van der Waals surface area contributed by atoms with Crippen molar-refractivity contribution in [3.05, 3.63) is 0 Å². The summed E-state index contributed by atoms with van der Waals surface area (Å²) in [5.74, 6) is 0. The van der Waals surface area contributed by atoms with Crippen LogP contribution in [0.1, 0.15) is 25.7 Å². The van der Waals surface area contributed by atoms with Crippen LogP contribution in [-0.4, -0.2) is 102 Å². The molecule has 2 fully saturated rings. The van der Waals surface area contributed by atoms with Gasteiger partial charge >= 0.3 is 0 Å². The predicted octanol–water partition coefficient (Wildman–Crippen LogP) is 0.817. The molecule has 0 aromatic heterocycles. The summed E-state index contributed by atoms with van der Waals surface area (Å²) in [5.41, 5.74) is 0. The first-order chi connectivity index (χ1) is 11.9. The van der Waals surface area contributed by atoms with Crippen molar-refractivity contribution in [1.29, 1.82) is 0 Å². The highest BCUT2D eigenvalue weighted by Crippen LogP contribution is 2.06. The molecule has 6 heteroatoms. The van der Waals surface area contributed by atoms with Gasteiger partial charge in [0.1, 0.15) is 0 Å². The van der Waals surface area contributed by atoms with Crippen molar-refractivity contribution in [3.8, 4) is 0 Å². The number of ether oxygens (including phenoxy) is 3. The van der Waals surface area contributed by atoms with E-state index in [2.05, 4.69) is 15.1 Å². The lowest BCUT2D eigenvalue weighted by Crippen LogP contribution is -2.27. The second-order valence-corrected chi connectivity index (χ2v) is 6.68. The summed E-state index contributed by atoms with van der Waals surface area (Å²) in [5, 5.41) is 3.34. The first-order valence-electron chi connectivity index (χ1n) is 9.84. The summed E-state index contributed by atoms with van der Waals surface area (Å²) in [7, 11) is 0. The average Bonchev–Trinajstić information content (AvgIpc) is 3.28. The first-order valence-corrected chi connectivity index (χ1v) is 9.84. The molecule has 6 nitrogen and oxygen atoms in total. The number of rotatable bonds is 15. The van der Waals surface area contributed by atoms with Crippen molar-refractivity contribution >= 4 is 0 Å². The van der Waals surface area contributed by atoms with Crippen LogP contribution in [0, 0.1) is 0 Å². The molecule has 0 aliphatic carbocycles. The van der Waals surface area contributed by atoms with E-state index in [4.69, 9.17) is 14.2 Å². The molecule has 2 saturated heterocycles. The molecule has 2 aliphatic heterocycles. The van der Waals surface area contributed by atoms with Gasteiger partial charge in [0, 0.05) is 26.2 Å². The van der Waals surface area contributed by atoms with Crippen LogP contribution in [-0.2, 0) is 14.2 Å². The Bertz CT molecular complexity index is 255. The molecule has 0 amide bonds. The minimum absolute atomic E-state index is 0.689. The first kappa shape index (κ1) is 20.1. The Morgan fingerprint density at radius 3 is 1.46 bits per heavy atom. The van der Waals surface area contributed by atoms with Crippen molar-refractivity contribution in [3.63, 3.8) is 0 Å². The Morgan fingerprint density at radius 1 is 0.542 bits per heavy atom. The molecular weight excluding hydrogens is 306 g/mol. The Hall–Kier alpha value is -0.240. The number of nitrogens with zero attached hydrogens (tertiary/aromatic N) is 2. The largest absolute Gasteiger partial charge is 0.379 e. The highest BCUT2D eigenvalue weighted by Gasteiger charge is 2.10. The van der Waals surface area contributed by atoms with E-state index in [1.807, 2.05) is 0 Å². The van der Waals surface area contributed by atoms with Gasteiger partial charge < -0.3 is 29.3 Å². The maximum absolute atomic E-state index is 5.64. The SMILES string of the molecule is C1CCN(CCOCCNCCOCCOCCN2CCCC2)C1. The molecule has 0 radical (unpaired) electrons. The summed E-state index contributed by atoms with van der Waals surface area (Å²) in [6.07, 6.45) is 5.40. The number of hydrogen-bond acceptors (Lipinski definition) is 6. The van der Waals surface area contributed by atoms with Crippen LogP contribution < -0.4 is 5.32 Å². The van der Waals surface area contributed by atoms with Gasteiger partial charge in [-0.1, -0.05) is 0 Å². The van der Waals surface area contributed by atoms with Crippen molar-refractivity contribution < 1.29 is 14.2 Å². The van der Waals surface area contributed by atoms with Gasteiger partial charge in [0.25, 0.3) is 0 Å². The van der Waals surface area contributed by atoms with Crippen LogP contribution in [0.15, 0.2) is 0 Å². The quantitative estimate of drug-likeness (QED) is 0.444. The van der Waals surface area contributed by atoms with E-state index in [0.29, 0.717) is 13.2 Å². The zero-order valence-electron chi connectivity index (χ0n) is 15.3. The molecule has 0 aromatic rings. The van der Waals surface area contributed by atoms with Crippen LogP contribution in [0.4, 0.5) is 0 Å². The zero-order valence-corrected chi connectivity index (χ0v) is 15.3. The summed E-state index contributed by atoms with van der Waals surface area (Å²) < 4.78 is 16.8. The van der Waals surface area contributed by atoms with Crippen LogP contribution >= 0.6 is 0 Å². The number of nitrogens with one attached hydrogen (secondary N) is 1. The second-order valence-electron chi connectivity index (χ2n) is 6.68. The summed E-state index contributed by atoms with van der Waals surface area (Å²) >= 11 is 0. The van der Waals surface area contributed by atoms with Gasteiger partial charge in [0.2, 0.25) is 0 Å². The smallest absolute Gasteiger partial charge is 0.0701 e. The average molecular weight is 344 g/mol. The van der Waals surface area contributed by atoms with E-state index < -0.39 is 0 Å². The third-order valence-electron chi connectivity index (χ3n) is 4.72. The normalized spacial score (nSPS) is 19.5. The topological polar surface area (TPSA) is 46.2 Å². The van der Waals surface area contributed by atoms with Crippen molar-refractivity contribution in [2.45, 2.75) is 25.7 Å². The standard InChI is InChI=1S/C18H37N3O3/c1-2-8-20(7-1)11-15-22-13-5-19-6-14-23-17-18-24-16-12-21-9-3-4-10-21/h19H,1-18H2. The molecule has 0 saturated carbocycles.